The Hall–Kier alpha value is -3.12. The van der Waals surface area contributed by atoms with Gasteiger partial charge in [-0.25, -0.2) is 4.98 Å². The van der Waals surface area contributed by atoms with Crippen LogP contribution in [0.5, 0.6) is 5.75 Å². The standard InChI is InChI=1S/C23H26N4O2/c1-2-24-19-10-12-26(16-19)22-9-8-20(15-25-22)27-13-11-21(14-23(27)28)29-17-18-6-4-3-5-7-18/h3-9,11,13-15,19,24H,2,10,12,16-17H2,1H3/t19-/m0/s1. The summed E-state index contributed by atoms with van der Waals surface area (Å²) in [5.74, 6) is 1.51. The van der Waals surface area contributed by atoms with Crippen molar-refractivity contribution in [2.75, 3.05) is 24.5 Å². The first-order valence-electron chi connectivity index (χ1n) is 10.1. The molecule has 1 aliphatic heterocycles. The fourth-order valence-corrected chi connectivity index (χ4v) is 3.64. The molecule has 1 aliphatic rings. The second-order valence-corrected chi connectivity index (χ2v) is 7.21. The molecular formula is C23H26N4O2. The summed E-state index contributed by atoms with van der Waals surface area (Å²) in [6.07, 6.45) is 4.61. The first-order valence-corrected chi connectivity index (χ1v) is 10.1. The van der Waals surface area contributed by atoms with Crippen LogP contribution >= 0.6 is 0 Å². The number of hydrogen-bond acceptors (Lipinski definition) is 5. The van der Waals surface area contributed by atoms with Crippen LogP contribution in [0.1, 0.15) is 18.9 Å². The van der Waals surface area contributed by atoms with Crippen LogP contribution in [-0.2, 0) is 6.61 Å². The van der Waals surface area contributed by atoms with Crippen molar-refractivity contribution < 1.29 is 4.74 Å². The largest absolute Gasteiger partial charge is 0.489 e. The molecule has 1 N–H and O–H groups in total. The lowest BCUT2D eigenvalue weighted by Crippen LogP contribution is -2.32. The average molecular weight is 390 g/mol. The van der Waals surface area contributed by atoms with Gasteiger partial charge in [-0.15, -0.1) is 0 Å². The molecule has 0 spiro atoms. The van der Waals surface area contributed by atoms with Crippen LogP contribution in [0.15, 0.2) is 71.8 Å². The van der Waals surface area contributed by atoms with E-state index in [0.717, 1.165) is 43.1 Å². The molecule has 3 aromatic rings. The molecule has 1 saturated heterocycles. The van der Waals surface area contributed by atoms with Crippen LogP contribution in [0, 0.1) is 0 Å². The highest BCUT2D eigenvalue weighted by Gasteiger charge is 2.22. The van der Waals surface area contributed by atoms with Crippen LogP contribution in [0.3, 0.4) is 0 Å². The van der Waals surface area contributed by atoms with Crippen LogP contribution < -0.4 is 20.5 Å². The molecule has 0 aliphatic carbocycles. The lowest BCUT2D eigenvalue weighted by molar-refractivity contribution is 0.305. The van der Waals surface area contributed by atoms with E-state index in [2.05, 4.69) is 22.1 Å². The van der Waals surface area contributed by atoms with Crippen molar-refractivity contribution in [3.8, 4) is 11.4 Å². The first-order chi connectivity index (χ1) is 14.2. The summed E-state index contributed by atoms with van der Waals surface area (Å²) < 4.78 is 7.32. The van der Waals surface area contributed by atoms with Crippen LogP contribution in [-0.4, -0.2) is 35.2 Å². The van der Waals surface area contributed by atoms with Gasteiger partial charge in [-0.05, 0) is 36.7 Å². The molecule has 6 heteroatoms. The van der Waals surface area contributed by atoms with Crippen LogP contribution in [0.2, 0.25) is 0 Å². The molecule has 1 fully saturated rings. The summed E-state index contributed by atoms with van der Waals surface area (Å²) in [5.41, 5.74) is 1.67. The summed E-state index contributed by atoms with van der Waals surface area (Å²) in [6.45, 7) is 5.51. The Labute approximate surface area is 170 Å². The number of hydrogen-bond donors (Lipinski definition) is 1. The van der Waals surface area contributed by atoms with E-state index in [4.69, 9.17) is 4.74 Å². The Balaban J connectivity index is 1.42. The molecule has 1 aromatic carbocycles. The molecule has 150 valence electrons. The molecule has 0 radical (unpaired) electrons. The van der Waals surface area contributed by atoms with Gasteiger partial charge >= 0.3 is 0 Å². The topological polar surface area (TPSA) is 59.4 Å². The zero-order chi connectivity index (χ0) is 20.1. The number of pyridine rings is 2. The summed E-state index contributed by atoms with van der Waals surface area (Å²) in [5, 5.41) is 3.49. The molecule has 2 aromatic heterocycles. The highest BCUT2D eigenvalue weighted by atomic mass is 16.5. The van der Waals surface area contributed by atoms with E-state index in [1.54, 1.807) is 23.0 Å². The highest BCUT2D eigenvalue weighted by molar-refractivity contribution is 5.44. The van der Waals surface area contributed by atoms with E-state index in [1.165, 1.54) is 6.07 Å². The molecule has 4 rings (SSSR count). The minimum atomic E-state index is -0.140. The molecule has 0 unspecified atom stereocenters. The minimum Gasteiger partial charge on any atom is -0.489 e. The second kappa shape index (κ2) is 8.92. The molecule has 6 nitrogen and oxygen atoms in total. The summed E-state index contributed by atoms with van der Waals surface area (Å²) in [7, 11) is 0. The number of nitrogens with one attached hydrogen (secondary N) is 1. The van der Waals surface area contributed by atoms with Gasteiger partial charge in [0.25, 0.3) is 5.56 Å². The number of aromatic nitrogens is 2. The SMILES string of the molecule is CCN[C@H]1CCN(c2ccc(-n3ccc(OCc4ccccc4)cc3=O)cn2)C1. The second-order valence-electron chi connectivity index (χ2n) is 7.21. The normalized spacial score (nSPS) is 16.2. The predicted octanol–water partition coefficient (Wildman–Crippen LogP) is 3.00. The number of ether oxygens (including phenoxy) is 1. The Morgan fingerprint density at radius 1 is 1.17 bits per heavy atom. The third-order valence-corrected chi connectivity index (χ3v) is 5.15. The first kappa shape index (κ1) is 19.2. The third kappa shape index (κ3) is 4.66. The van der Waals surface area contributed by atoms with Gasteiger partial charge in [-0.2, -0.15) is 0 Å². The molecule has 0 bridgehead atoms. The number of nitrogens with zero attached hydrogens (tertiary/aromatic N) is 3. The van der Waals surface area contributed by atoms with Gasteiger partial charge in [0.15, 0.2) is 0 Å². The Bertz CT molecular complexity index is 986. The minimum absolute atomic E-state index is 0.140. The predicted molar refractivity (Wildman–Crippen MR) is 115 cm³/mol. The van der Waals surface area contributed by atoms with Gasteiger partial charge in [0.05, 0.1) is 11.9 Å². The molecular weight excluding hydrogens is 364 g/mol. The van der Waals surface area contributed by atoms with Crippen molar-refractivity contribution in [1.29, 1.82) is 0 Å². The maximum absolute atomic E-state index is 12.5. The maximum Gasteiger partial charge on any atom is 0.258 e. The van der Waals surface area contributed by atoms with Crippen molar-refractivity contribution in [3.05, 3.63) is 82.9 Å². The average Bonchev–Trinajstić information content (AvgIpc) is 3.22. The molecule has 1 atom stereocenters. The molecule has 3 heterocycles. The number of benzene rings is 1. The van der Waals surface area contributed by atoms with E-state index in [0.29, 0.717) is 18.4 Å². The van der Waals surface area contributed by atoms with Gasteiger partial charge in [0.2, 0.25) is 0 Å². The quantitative estimate of drug-likeness (QED) is 0.672. The van der Waals surface area contributed by atoms with Crippen molar-refractivity contribution in [2.24, 2.45) is 0 Å². The van der Waals surface area contributed by atoms with Crippen molar-refractivity contribution in [1.82, 2.24) is 14.9 Å². The monoisotopic (exact) mass is 390 g/mol. The van der Waals surface area contributed by atoms with Gasteiger partial charge in [0, 0.05) is 31.4 Å². The van der Waals surface area contributed by atoms with E-state index in [-0.39, 0.29) is 5.56 Å². The highest BCUT2D eigenvalue weighted by Crippen LogP contribution is 2.19. The molecule has 0 amide bonds. The Morgan fingerprint density at radius 3 is 2.76 bits per heavy atom. The lowest BCUT2D eigenvalue weighted by atomic mass is 10.2. The van der Waals surface area contributed by atoms with Crippen molar-refractivity contribution in [2.45, 2.75) is 26.0 Å². The fraction of sp³-hybridized carbons (Fsp3) is 0.304. The molecule has 29 heavy (non-hydrogen) atoms. The maximum atomic E-state index is 12.5. The van der Waals surface area contributed by atoms with Crippen molar-refractivity contribution >= 4 is 5.82 Å². The summed E-state index contributed by atoms with van der Waals surface area (Å²) in [4.78, 5) is 19.4. The number of likely N-dealkylation sites (N-methyl/N-ethyl adjacent to an activating group) is 1. The number of rotatable bonds is 7. The Morgan fingerprint density at radius 2 is 2.03 bits per heavy atom. The van der Waals surface area contributed by atoms with Crippen molar-refractivity contribution in [3.63, 3.8) is 0 Å². The number of anilines is 1. The van der Waals surface area contributed by atoms with E-state index in [9.17, 15) is 4.79 Å². The van der Waals surface area contributed by atoms with Gasteiger partial charge in [-0.1, -0.05) is 37.3 Å². The smallest absolute Gasteiger partial charge is 0.258 e. The zero-order valence-electron chi connectivity index (χ0n) is 16.6. The third-order valence-electron chi connectivity index (χ3n) is 5.15. The van der Waals surface area contributed by atoms with Crippen LogP contribution in [0.4, 0.5) is 5.82 Å². The van der Waals surface area contributed by atoms with Gasteiger partial charge in [-0.3, -0.25) is 9.36 Å². The van der Waals surface area contributed by atoms with Gasteiger partial charge in [0.1, 0.15) is 18.2 Å². The van der Waals surface area contributed by atoms with E-state index < -0.39 is 0 Å². The molecule has 0 saturated carbocycles. The zero-order valence-corrected chi connectivity index (χ0v) is 16.6. The van der Waals surface area contributed by atoms with Crippen LogP contribution in [0.25, 0.3) is 5.69 Å². The fourth-order valence-electron chi connectivity index (χ4n) is 3.64. The van der Waals surface area contributed by atoms with E-state index in [1.807, 2.05) is 42.5 Å². The summed E-state index contributed by atoms with van der Waals surface area (Å²) in [6, 6.07) is 17.7. The van der Waals surface area contributed by atoms with Gasteiger partial charge < -0.3 is 15.0 Å². The van der Waals surface area contributed by atoms with E-state index >= 15 is 0 Å². The lowest BCUT2D eigenvalue weighted by Gasteiger charge is -2.18. The summed E-state index contributed by atoms with van der Waals surface area (Å²) >= 11 is 0. The Kier molecular flexibility index (Phi) is 5.91.